The number of halogens is 1. The van der Waals surface area contributed by atoms with Gasteiger partial charge in [0, 0.05) is 22.0 Å². The lowest BCUT2D eigenvalue weighted by molar-refractivity contribution is 0.649. The van der Waals surface area contributed by atoms with Crippen LogP contribution in [0.3, 0.4) is 0 Å². The topological polar surface area (TPSA) is 50.9 Å². The van der Waals surface area contributed by atoms with Gasteiger partial charge in [-0.2, -0.15) is 0 Å². The van der Waals surface area contributed by atoms with Crippen molar-refractivity contribution in [1.29, 1.82) is 0 Å². The largest absolute Gasteiger partial charge is 0.271 e. The van der Waals surface area contributed by atoms with E-state index in [1.54, 1.807) is 17.5 Å². The number of pyridine rings is 1. The lowest BCUT2D eigenvalue weighted by atomic mass is 10.0. The molecule has 0 radical (unpaired) electrons. The molecule has 5 heteroatoms. The first-order chi connectivity index (χ1) is 9.72. The van der Waals surface area contributed by atoms with Gasteiger partial charge < -0.3 is 0 Å². The second kappa shape index (κ2) is 5.50. The molecular formula is C15H14ClN3S. The van der Waals surface area contributed by atoms with Crippen molar-refractivity contribution in [2.24, 2.45) is 5.84 Å². The zero-order valence-corrected chi connectivity index (χ0v) is 12.5. The molecular weight excluding hydrogens is 290 g/mol. The number of thiophene rings is 1. The maximum atomic E-state index is 6.38. The number of hydrogen-bond donors (Lipinski definition) is 2. The van der Waals surface area contributed by atoms with Crippen molar-refractivity contribution in [3.8, 4) is 0 Å². The number of nitrogens with two attached hydrogens (primary N) is 1. The Labute approximate surface area is 126 Å². The fourth-order valence-electron chi connectivity index (χ4n) is 2.31. The maximum Gasteiger partial charge on any atom is 0.0838 e. The van der Waals surface area contributed by atoms with Gasteiger partial charge in [-0.25, -0.2) is 5.43 Å². The van der Waals surface area contributed by atoms with E-state index in [1.165, 1.54) is 0 Å². The van der Waals surface area contributed by atoms with Gasteiger partial charge in [0.15, 0.2) is 0 Å². The molecule has 102 valence electrons. The Balaban J connectivity index is 2.19. The molecule has 2 aromatic heterocycles. The fraction of sp³-hybridized carbons (Fsp3) is 0.133. The molecule has 2 heterocycles. The van der Waals surface area contributed by atoms with Crippen molar-refractivity contribution in [2.45, 2.75) is 13.0 Å². The first-order valence-electron chi connectivity index (χ1n) is 6.25. The van der Waals surface area contributed by atoms with Gasteiger partial charge in [-0.3, -0.25) is 10.8 Å². The van der Waals surface area contributed by atoms with Crippen LogP contribution >= 0.6 is 22.9 Å². The average Bonchev–Trinajstić information content (AvgIpc) is 2.81. The highest BCUT2D eigenvalue weighted by Gasteiger charge is 2.21. The van der Waals surface area contributed by atoms with Gasteiger partial charge in [0.2, 0.25) is 0 Å². The van der Waals surface area contributed by atoms with Crippen LogP contribution in [0.15, 0.2) is 41.9 Å². The van der Waals surface area contributed by atoms with Crippen LogP contribution in [0.5, 0.6) is 0 Å². The first kappa shape index (κ1) is 13.5. The molecule has 1 atom stereocenters. The maximum absolute atomic E-state index is 6.38. The Morgan fingerprint density at radius 1 is 1.30 bits per heavy atom. The molecule has 3 rings (SSSR count). The smallest absolute Gasteiger partial charge is 0.0838 e. The summed E-state index contributed by atoms with van der Waals surface area (Å²) in [6, 6.07) is 9.91. The number of aromatic nitrogens is 1. The highest BCUT2D eigenvalue weighted by atomic mass is 35.5. The normalized spacial score (nSPS) is 12.8. The van der Waals surface area contributed by atoms with Crippen molar-refractivity contribution < 1.29 is 0 Å². The highest BCUT2D eigenvalue weighted by molar-refractivity contribution is 7.10. The molecule has 3 N–H and O–H groups in total. The van der Waals surface area contributed by atoms with E-state index in [0.29, 0.717) is 0 Å². The molecule has 0 aliphatic rings. The summed E-state index contributed by atoms with van der Waals surface area (Å²) in [5.41, 5.74) is 5.92. The van der Waals surface area contributed by atoms with Gasteiger partial charge in [-0.1, -0.05) is 35.9 Å². The number of para-hydroxylation sites is 1. The minimum absolute atomic E-state index is 0.153. The lowest BCUT2D eigenvalue weighted by Gasteiger charge is -2.17. The van der Waals surface area contributed by atoms with E-state index >= 15 is 0 Å². The van der Waals surface area contributed by atoms with Gasteiger partial charge in [0.25, 0.3) is 0 Å². The number of rotatable bonds is 3. The molecule has 0 aliphatic heterocycles. The zero-order chi connectivity index (χ0) is 14.1. The van der Waals surface area contributed by atoms with Gasteiger partial charge >= 0.3 is 0 Å². The Kier molecular flexibility index (Phi) is 3.72. The highest BCUT2D eigenvalue weighted by Crippen LogP contribution is 2.37. The Hall–Kier alpha value is -1.46. The molecule has 0 fully saturated rings. The number of nitrogens with zero attached hydrogens (tertiary/aromatic N) is 1. The quantitative estimate of drug-likeness (QED) is 0.571. The summed E-state index contributed by atoms with van der Waals surface area (Å²) < 4.78 is 0. The van der Waals surface area contributed by atoms with E-state index in [-0.39, 0.29) is 6.04 Å². The molecule has 0 bridgehead atoms. The summed E-state index contributed by atoms with van der Waals surface area (Å²) in [6.07, 6.45) is 1.79. The summed E-state index contributed by atoms with van der Waals surface area (Å²) in [7, 11) is 0. The standard InChI is InChI=1S/C15H14ClN3S/c1-9-8-20-15(12(9)16)14(19-17)11-6-2-4-10-5-3-7-18-13(10)11/h2-8,14,19H,17H2,1H3. The summed E-state index contributed by atoms with van der Waals surface area (Å²) in [5, 5.41) is 3.90. The van der Waals surface area contributed by atoms with Crippen molar-refractivity contribution in [3.63, 3.8) is 0 Å². The number of fused-ring (bicyclic) bond motifs is 1. The number of hydrazine groups is 1. The minimum Gasteiger partial charge on any atom is -0.271 e. The van der Waals surface area contributed by atoms with Gasteiger partial charge in [0.05, 0.1) is 16.6 Å². The third-order valence-electron chi connectivity index (χ3n) is 3.33. The molecule has 0 spiro atoms. The molecule has 0 saturated heterocycles. The van der Waals surface area contributed by atoms with Crippen LogP contribution in [0, 0.1) is 6.92 Å². The van der Waals surface area contributed by atoms with Crippen LogP contribution < -0.4 is 11.3 Å². The summed E-state index contributed by atoms with van der Waals surface area (Å²) in [6.45, 7) is 2.00. The van der Waals surface area contributed by atoms with Crippen LogP contribution in [0.4, 0.5) is 0 Å². The van der Waals surface area contributed by atoms with E-state index in [4.69, 9.17) is 17.4 Å². The Morgan fingerprint density at radius 2 is 2.10 bits per heavy atom. The van der Waals surface area contributed by atoms with Gasteiger partial charge in [0.1, 0.15) is 0 Å². The summed E-state index contributed by atoms with van der Waals surface area (Å²) >= 11 is 7.99. The second-order valence-corrected chi connectivity index (χ2v) is 5.91. The van der Waals surface area contributed by atoms with Gasteiger partial charge in [-0.05, 0) is 23.9 Å². The number of aryl methyl sites for hydroxylation is 1. The lowest BCUT2D eigenvalue weighted by Crippen LogP contribution is -2.28. The van der Waals surface area contributed by atoms with Crippen molar-refractivity contribution in [2.75, 3.05) is 0 Å². The van der Waals surface area contributed by atoms with Crippen LogP contribution in [0.1, 0.15) is 22.0 Å². The van der Waals surface area contributed by atoms with E-state index < -0.39 is 0 Å². The molecule has 3 nitrogen and oxygen atoms in total. The van der Waals surface area contributed by atoms with E-state index in [2.05, 4.69) is 10.4 Å². The van der Waals surface area contributed by atoms with Gasteiger partial charge in [-0.15, -0.1) is 11.3 Å². The van der Waals surface area contributed by atoms with Crippen molar-refractivity contribution >= 4 is 33.8 Å². The zero-order valence-electron chi connectivity index (χ0n) is 10.9. The molecule has 0 saturated carbocycles. The molecule has 3 aromatic rings. The van der Waals surface area contributed by atoms with E-state index in [1.807, 2.05) is 42.6 Å². The second-order valence-electron chi connectivity index (χ2n) is 4.62. The molecule has 0 aliphatic carbocycles. The summed E-state index contributed by atoms with van der Waals surface area (Å²) in [4.78, 5) is 5.50. The molecule has 0 amide bonds. The predicted molar refractivity (Wildman–Crippen MR) is 85.0 cm³/mol. The third kappa shape index (κ3) is 2.21. The fourth-order valence-corrected chi connectivity index (χ4v) is 3.69. The molecule has 1 aromatic carbocycles. The van der Waals surface area contributed by atoms with E-state index in [0.717, 1.165) is 31.9 Å². The first-order valence-corrected chi connectivity index (χ1v) is 7.51. The molecule has 20 heavy (non-hydrogen) atoms. The van der Waals surface area contributed by atoms with Crippen LogP contribution in [0.2, 0.25) is 5.02 Å². The average molecular weight is 304 g/mol. The minimum atomic E-state index is -0.153. The molecule has 1 unspecified atom stereocenters. The summed E-state index contributed by atoms with van der Waals surface area (Å²) in [5.74, 6) is 5.78. The predicted octanol–water partition coefficient (Wildman–Crippen LogP) is 3.81. The Bertz CT molecular complexity index is 748. The number of benzene rings is 1. The SMILES string of the molecule is Cc1csc(C(NN)c2cccc3cccnc23)c1Cl. The Morgan fingerprint density at radius 3 is 2.80 bits per heavy atom. The van der Waals surface area contributed by atoms with E-state index in [9.17, 15) is 0 Å². The number of hydrogen-bond acceptors (Lipinski definition) is 4. The van der Waals surface area contributed by atoms with Crippen LogP contribution in [-0.2, 0) is 0 Å². The van der Waals surface area contributed by atoms with Crippen molar-refractivity contribution in [3.05, 3.63) is 62.9 Å². The van der Waals surface area contributed by atoms with Crippen LogP contribution in [-0.4, -0.2) is 4.98 Å². The number of nitrogens with one attached hydrogen (secondary N) is 1. The van der Waals surface area contributed by atoms with Crippen LogP contribution in [0.25, 0.3) is 10.9 Å². The third-order valence-corrected chi connectivity index (χ3v) is 5.11. The monoisotopic (exact) mass is 303 g/mol. The van der Waals surface area contributed by atoms with Crippen molar-refractivity contribution in [1.82, 2.24) is 10.4 Å².